The van der Waals surface area contributed by atoms with Crippen molar-refractivity contribution in [1.82, 2.24) is 24.5 Å². The van der Waals surface area contributed by atoms with E-state index in [0.717, 1.165) is 11.3 Å². The van der Waals surface area contributed by atoms with Crippen LogP contribution in [0.5, 0.6) is 0 Å². The first-order chi connectivity index (χ1) is 11.0. The lowest BCUT2D eigenvalue weighted by molar-refractivity contribution is 0.363. The Labute approximate surface area is 134 Å². The van der Waals surface area contributed by atoms with Crippen molar-refractivity contribution >= 4 is 5.65 Å². The maximum absolute atomic E-state index is 12.2. The van der Waals surface area contributed by atoms with Gasteiger partial charge in [0.25, 0.3) is 5.56 Å². The first-order valence-electron chi connectivity index (χ1n) is 7.76. The van der Waals surface area contributed by atoms with Gasteiger partial charge >= 0.3 is 0 Å². The minimum atomic E-state index is -0.0525. The van der Waals surface area contributed by atoms with Crippen LogP contribution in [0.25, 0.3) is 5.65 Å². The van der Waals surface area contributed by atoms with Gasteiger partial charge in [-0.1, -0.05) is 6.07 Å². The van der Waals surface area contributed by atoms with Gasteiger partial charge in [0.15, 0.2) is 0 Å². The zero-order valence-corrected chi connectivity index (χ0v) is 13.6. The smallest absolute Gasteiger partial charge is 0.258 e. The molecule has 0 saturated carbocycles. The Kier molecular flexibility index (Phi) is 4.25. The largest absolute Gasteiger partial charge is 0.307 e. The summed E-state index contributed by atoms with van der Waals surface area (Å²) in [6.45, 7) is 6.71. The fourth-order valence-corrected chi connectivity index (χ4v) is 2.54. The molecule has 1 N–H and O–H groups in total. The number of pyridine rings is 1. The maximum Gasteiger partial charge on any atom is 0.258 e. The number of rotatable bonds is 5. The highest BCUT2D eigenvalue weighted by Gasteiger charge is 2.14. The van der Waals surface area contributed by atoms with Crippen molar-refractivity contribution < 1.29 is 0 Å². The molecule has 6 nitrogen and oxygen atoms in total. The van der Waals surface area contributed by atoms with Crippen molar-refractivity contribution in [3.05, 3.63) is 64.5 Å². The Bertz CT molecular complexity index is 853. The predicted octanol–water partition coefficient (Wildman–Crippen LogP) is 1.94. The molecule has 0 aromatic carbocycles. The van der Waals surface area contributed by atoms with Gasteiger partial charge in [0, 0.05) is 37.2 Å². The third kappa shape index (κ3) is 3.32. The second-order valence-electron chi connectivity index (χ2n) is 5.92. The number of hydrogen-bond donors (Lipinski definition) is 1. The van der Waals surface area contributed by atoms with Crippen LogP contribution >= 0.6 is 0 Å². The lowest BCUT2D eigenvalue weighted by atomic mass is 10.1. The van der Waals surface area contributed by atoms with Crippen molar-refractivity contribution in [2.24, 2.45) is 0 Å². The molecule has 120 valence electrons. The zero-order valence-electron chi connectivity index (χ0n) is 13.6. The number of nitrogens with zero attached hydrogens (tertiary/aromatic N) is 4. The Morgan fingerprint density at radius 1 is 1.30 bits per heavy atom. The first-order valence-corrected chi connectivity index (χ1v) is 7.76. The summed E-state index contributed by atoms with van der Waals surface area (Å²) in [4.78, 5) is 16.7. The van der Waals surface area contributed by atoms with Gasteiger partial charge in [0.2, 0.25) is 0 Å². The van der Waals surface area contributed by atoms with Gasteiger partial charge in [-0.3, -0.25) is 13.9 Å². The Hall–Kier alpha value is -2.47. The lowest BCUT2D eigenvalue weighted by Crippen LogP contribution is -2.34. The SMILES string of the molecule is Cc1ccc2nc(CN[C@@H](C)[C@@H](C)n3cccn3)cc(=O)n2c1. The highest BCUT2D eigenvalue weighted by Crippen LogP contribution is 2.10. The van der Waals surface area contributed by atoms with Gasteiger partial charge in [0.05, 0.1) is 11.7 Å². The van der Waals surface area contributed by atoms with Crippen molar-refractivity contribution in [3.8, 4) is 0 Å². The molecule has 3 heterocycles. The second kappa shape index (κ2) is 6.34. The summed E-state index contributed by atoms with van der Waals surface area (Å²) in [5.74, 6) is 0. The van der Waals surface area contributed by atoms with Crippen LogP contribution in [0, 0.1) is 6.92 Å². The van der Waals surface area contributed by atoms with Crippen molar-refractivity contribution in [2.75, 3.05) is 0 Å². The maximum atomic E-state index is 12.2. The molecule has 0 saturated heterocycles. The average Bonchev–Trinajstić information content (AvgIpc) is 3.07. The topological polar surface area (TPSA) is 64.2 Å². The standard InChI is InChI=1S/C17H21N5O/c1-12-5-6-16-20-15(9-17(23)21(16)11-12)10-18-13(2)14(3)22-8-4-7-19-22/h4-9,11,13-14,18H,10H2,1-3H3/t13-,14+/m0/s1. The average molecular weight is 311 g/mol. The molecular formula is C17H21N5O. The third-order valence-electron chi connectivity index (χ3n) is 4.13. The predicted molar refractivity (Wildman–Crippen MR) is 89.4 cm³/mol. The molecule has 3 aromatic rings. The summed E-state index contributed by atoms with van der Waals surface area (Å²) in [7, 11) is 0. The Morgan fingerprint density at radius 2 is 2.13 bits per heavy atom. The summed E-state index contributed by atoms with van der Waals surface area (Å²) in [6.07, 6.45) is 5.53. The van der Waals surface area contributed by atoms with Crippen LogP contribution in [0.1, 0.15) is 31.1 Å². The normalized spacial score (nSPS) is 14.0. The minimum absolute atomic E-state index is 0.0525. The molecule has 0 unspecified atom stereocenters. The van der Waals surface area contributed by atoms with E-state index in [9.17, 15) is 4.79 Å². The van der Waals surface area contributed by atoms with E-state index in [1.165, 1.54) is 0 Å². The molecule has 23 heavy (non-hydrogen) atoms. The first kappa shape index (κ1) is 15.4. The van der Waals surface area contributed by atoms with E-state index >= 15 is 0 Å². The minimum Gasteiger partial charge on any atom is -0.307 e. The van der Waals surface area contributed by atoms with Crippen LogP contribution in [-0.4, -0.2) is 25.2 Å². The number of aromatic nitrogens is 4. The van der Waals surface area contributed by atoms with Crippen LogP contribution < -0.4 is 10.9 Å². The van der Waals surface area contributed by atoms with E-state index in [2.05, 4.69) is 29.2 Å². The van der Waals surface area contributed by atoms with Crippen LogP contribution in [0.15, 0.2) is 47.7 Å². The van der Waals surface area contributed by atoms with Gasteiger partial charge in [0.1, 0.15) is 5.65 Å². The molecule has 3 aromatic heterocycles. The lowest BCUT2D eigenvalue weighted by Gasteiger charge is -2.21. The van der Waals surface area contributed by atoms with Crippen LogP contribution in [-0.2, 0) is 6.54 Å². The van der Waals surface area contributed by atoms with Crippen LogP contribution in [0.2, 0.25) is 0 Å². The fourth-order valence-electron chi connectivity index (χ4n) is 2.54. The van der Waals surface area contributed by atoms with Crippen LogP contribution in [0.4, 0.5) is 0 Å². The molecule has 2 atom stereocenters. The zero-order chi connectivity index (χ0) is 16.4. The van der Waals surface area contributed by atoms with Gasteiger partial charge < -0.3 is 5.32 Å². The highest BCUT2D eigenvalue weighted by atomic mass is 16.1. The molecule has 0 aliphatic rings. The molecule has 0 aliphatic carbocycles. The molecular weight excluding hydrogens is 290 g/mol. The molecule has 0 spiro atoms. The monoisotopic (exact) mass is 311 g/mol. The van der Waals surface area contributed by atoms with E-state index in [1.807, 2.05) is 42.2 Å². The molecule has 6 heteroatoms. The van der Waals surface area contributed by atoms with E-state index in [1.54, 1.807) is 16.7 Å². The Morgan fingerprint density at radius 3 is 2.87 bits per heavy atom. The molecule has 3 rings (SSSR count). The Balaban J connectivity index is 1.74. The molecule has 0 aliphatic heterocycles. The van der Waals surface area contributed by atoms with Crippen molar-refractivity contribution in [3.63, 3.8) is 0 Å². The van der Waals surface area contributed by atoms with E-state index in [-0.39, 0.29) is 17.6 Å². The summed E-state index contributed by atoms with van der Waals surface area (Å²) < 4.78 is 3.50. The summed E-state index contributed by atoms with van der Waals surface area (Å²) in [5.41, 5.74) is 2.41. The molecule has 0 radical (unpaired) electrons. The number of aryl methyl sites for hydroxylation is 1. The van der Waals surface area contributed by atoms with Crippen molar-refractivity contribution in [2.45, 2.75) is 39.4 Å². The number of fused-ring (bicyclic) bond motifs is 1. The van der Waals surface area contributed by atoms with E-state index in [4.69, 9.17) is 0 Å². The van der Waals surface area contributed by atoms with Gasteiger partial charge in [-0.15, -0.1) is 0 Å². The summed E-state index contributed by atoms with van der Waals surface area (Å²) in [6, 6.07) is 7.75. The highest BCUT2D eigenvalue weighted by molar-refractivity contribution is 5.39. The van der Waals surface area contributed by atoms with Crippen molar-refractivity contribution in [1.29, 1.82) is 0 Å². The summed E-state index contributed by atoms with van der Waals surface area (Å²) >= 11 is 0. The summed E-state index contributed by atoms with van der Waals surface area (Å²) in [5, 5.41) is 7.68. The fraction of sp³-hybridized carbons (Fsp3) is 0.353. The number of nitrogens with one attached hydrogen (secondary N) is 1. The van der Waals surface area contributed by atoms with E-state index < -0.39 is 0 Å². The van der Waals surface area contributed by atoms with Gasteiger partial charge in [-0.2, -0.15) is 5.10 Å². The second-order valence-corrected chi connectivity index (χ2v) is 5.92. The third-order valence-corrected chi connectivity index (χ3v) is 4.13. The van der Waals surface area contributed by atoms with Gasteiger partial charge in [-0.05, 0) is 38.5 Å². The molecule has 0 fully saturated rings. The number of hydrogen-bond acceptors (Lipinski definition) is 4. The molecule has 0 amide bonds. The quantitative estimate of drug-likeness (QED) is 0.782. The van der Waals surface area contributed by atoms with Gasteiger partial charge in [-0.25, -0.2) is 4.98 Å². The van der Waals surface area contributed by atoms with E-state index in [0.29, 0.717) is 12.2 Å². The van der Waals surface area contributed by atoms with Crippen LogP contribution in [0.3, 0.4) is 0 Å². The molecule has 0 bridgehead atoms.